The van der Waals surface area contributed by atoms with E-state index in [4.69, 9.17) is 0 Å². The van der Waals surface area contributed by atoms with Crippen LogP contribution >= 0.6 is 0 Å². The van der Waals surface area contributed by atoms with Crippen molar-refractivity contribution in [1.82, 2.24) is 0 Å². The fraction of sp³-hybridized carbons (Fsp3) is 0.464. The van der Waals surface area contributed by atoms with Crippen molar-refractivity contribution in [1.29, 1.82) is 0 Å². The lowest BCUT2D eigenvalue weighted by Crippen LogP contribution is -2.33. The second kappa shape index (κ2) is 19.1. The molecule has 4 nitrogen and oxygen atoms in total. The number of phenolic OH excluding ortho intramolecular Hbond substituents is 1. The highest BCUT2D eigenvalue weighted by Gasteiger charge is 2.14. The molecule has 0 aliphatic rings. The summed E-state index contributed by atoms with van der Waals surface area (Å²) >= 11 is 0. The molecule has 0 aliphatic carbocycles. The molecule has 0 radical (unpaired) electrons. The number of hydrogen-bond acceptors (Lipinski definition) is 3. The van der Waals surface area contributed by atoms with Gasteiger partial charge in [0.15, 0.2) is 0 Å². The van der Waals surface area contributed by atoms with E-state index in [0.29, 0.717) is 12.1 Å². The minimum Gasteiger partial charge on any atom is -0.508 e. The fourth-order valence-corrected chi connectivity index (χ4v) is 3.20. The Balaban J connectivity index is 2.15. The summed E-state index contributed by atoms with van der Waals surface area (Å²) in [6.45, 7) is 2.40. The van der Waals surface area contributed by atoms with Crippen LogP contribution < -0.4 is 4.90 Å². The fourth-order valence-electron chi connectivity index (χ4n) is 3.20. The number of allylic oxidation sites excluding steroid dienone is 8. The van der Waals surface area contributed by atoms with Gasteiger partial charge in [-0.25, -0.2) is 0 Å². The zero-order valence-corrected chi connectivity index (χ0v) is 19.7. The molecule has 2 N–H and O–H groups in total. The van der Waals surface area contributed by atoms with Crippen molar-refractivity contribution in [2.45, 2.75) is 71.1 Å². The molecule has 4 heteroatoms. The first-order valence-corrected chi connectivity index (χ1v) is 12.0. The number of benzene rings is 1. The number of rotatable bonds is 17. The molecule has 1 aromatic rings. The molecule has 0 aromatic heterocycles. The van der Waals surface area contributed by atoms with Crippen LogP contribution in [0.2, 0.25) is 0 Å². The van der Waals surface area contributed by atoms with E-state index in [-0.39, 0.29) is 24.8 Å². The molecule has 0 spiro atoms. The molecule has 0 bridgehead atoms. The minimum absolute atomic E-state index is 0.0133. The Labute approximate surface area is 194 Å². The molecule has 1 amide bonds. The third kappa shape index (κ3) is 13.7. The third-order valence-electron chi connectivity index (χ3n) is 5.00. The van der Waals surface area contributed by atoms with Crippen LogP contribution in [-0.4, -0.2) is 29.3 Å². The molecule has 0 fully saturated rings. The highest BCUT2D eigenvalue weighted by atomic mass is 16.3. The Morgan fingerprint density at radius 3 is 1.88 bits per heavy atom. The number of unbranched alkanes of at least 4 members (excludes halogenated alkanes) is 4. The first-order valence-electron chi connectivity index (χ1n) is 12.0. The van der Waals surface area contributed by atoms with Crippen LogP contribution in [0.15, 0.2) is 72.9 Å². The summed E-state index contributed by atoms with van der Waals surface area (Å²) in [7, 11) is 0. The van der Waals surface area contributed by atoms with Crippen molar-refractivity contribution in [3.05, 3.63) is 72.9 Å². The van der Waals surface area contributed by atoms with Crippen LogP contribution in [0.4, 0.5) is 5.69 Å². The van der Waals surface area contributed by atoms with Gasteiger partial charge in [-0.3, -0.25) is 4.79 Å². The van der Waals surface area contributed by atoms with Crippen molar-refractivity contribution >= 4 is 11.6 Å². The number of phenols is 1. The number of aliphatic hydroxyl groups excluding tert-OH is 1. The predicted molar refractivity (Wildman–Crippen MR) is 136 cm³/mol. The van der Waals surface area contributed by atoms with Crippen LogP contribution in [-0.2, 0) is 4.79 Å². The van der Waals surface area contributed by atoms with Gasteiger partial charge < -0.3 is 15.1 Å². The molecule has 0 heterocycles. The number of aliphatic hydroxyl groups is 1. The molecule has 0 saturated carbocycles. The number of anilines is 1. The topological polar surface area (TPSA) is 60.8 Å². The van der Waals surface area contributed by atoms with Crippen LogP contribution in [0.5, 0.6) is 5.75 Å². The van der Waals surface area contributed by atoms with Crippen LogP contribution in [0.25, 0.3) is 0 Å². The van der Waals surface area contributed by atoms with Gasteiger partial charge in [0.05, 0.1) is 6.61 Å². The number of carbonyl (C=O) groups excluding carboxylic acids is 1. The summed E-state index contributed by atoms with van der Waals surface area (Å²) in [4.78, 5) is 14.1. The molecular weight excluding hydrogens is 398 g/mol. The Morgan fingerprint density at radius 1 is 0.812 bits per heavy atom. The van der Waals surface area contributed by atoms with Crippen LogP contribution in [0, 0.1) is 0 Å². The van der Waals surface area contributed by atoms with E-state index in [1.165, 1.54) is 25.7 Å². The Kier molecular flexibility index (Phi) is 16.4. The molecule has 1 aromatic carbocycles. The molecular formula is C28H41NO3. The second-order valence-electron chi connectivity index (χ2n) is 7.77. The summed E-state index contributed by atoms with van der Waals surface area (Å²) in [6, 6.07) is 6.47. The van der Waals surface area contributed by atoms with E-state index in [1.54, 1.807) is 29.2 Å². The molecule has 0 unspecified atom stereocenters. The first-order chi connectivity index (χ1) is 15.7. The Hall–Kier alpha value is -2.59. The Bertz CT molecular complexity index is 717. The monoisotopic (exact) mass is 439 g/mol. The maximum atomic E-state index is 12.5. The number of aromatic hydroxyl groups is 1. The highest BCUT2D eigenvalue weighted by molar-refractivity contribution is 5.93. The van der Waals surface area contributed by atoms with Crippen molar-refractivity contribution < 1.29 is 15.0 Å². The number of hydrogen-bond donors (Lipinski definition) is 2. The molecule has 0 atom stereocenters. The maximum absolute atomic E-state index is 12.5. The van der Waals surface area contributed by atoms with E-state index in [2.05, 4.69) is 55.5 Å². The average molecular weight is 440 g/mol. The minimum atomic E-state index is -0.0935. The zero-order valence-electron chi connectivity index (χ0n) is 19.7. The summed E-state index contributed by atoms with van der Waals surface area (Å²) in [5.41, 5.74) is 0.694. The van der Waals surface area contributed by atoms with Crippen molar-refractivity contribution in [2.24, 2.45) is 0 Å². The van der Waals surface area contributed by atoms with E-state index >= 15 is 0 Å². The standard InChI is InChI=1S/C28H41NO3/c1-2-3-4-5-6-7-8-9-10-11-12-13-14-15-16-17-18-19-28(32)29(24-25-30)26-20-22-27(31)23-21-26/h6-7,9-10,12-13,15-16,20-23,30-31H,2-5,8,11,14,17-19,24-25H2,1H3/b7-6-,10-9-,13-12-,16-15-. The lowest BCUT2D eigenvalue weighted by molar-refractivity contribution is -0.118. The van der Waals surface area contributed by atoms with Gasteiger partial charge in [-0.1, -0.05) is 68.4 Å². The smallest absolute Gasteiger partial charge is 0.227 e. The zero-order chi connectivity index (χ0) is 23.3. The van der Waals surface area contributed by atoms with Crippen molar-refractivity contribution in [3.63, 3.8) is 0 Å². The quantitative estimate of drug-likeness (QED) is 0.206. The SMILES string of the molecule is CCCCC/C=C\C/C=C\C/C=C\C/C=C\CCCC(=O)N(CCO)c1ccc(O)cc1. The van der Waals surface area contributed by atoms with Gasteiger partial charge in [0.2, 0.25) is 5.91 Å². The molecule has 176 valence electrons. The Morgan fingerprint density at radius 2 is 1.34 bits per heavy atom. The van der Waals surface area contributed by atoms with Gasteiger partial charge in [-0.15, -0.1) is 0 Å². The van der Waals surface area contributed by atoms with Gasteiger partial charge in [-0.05, 0) is 69.2 Å². The molecule has 1 rings (SSSR count). The normalized spacial score (nSPS) is 12.1. The first kappa shape index (κ1) is 27.4. The highest BCUT2D eigenvalue weighted by Crippen LogP contribution is 2.19. The summed E-state index contributed by atoms with van der Waals surface area (Å²) in [5.74, 6) is 0.145. The second-order valence-corrected chi connectivity index (χ2v) is 7.77. The van der Waals surface area contributed by atoms with Crippen molar-refractivity contribution in [3.8, 4) is 5.75 Å². The van der Waals surface area contributed by atoms with Crippen LogP contribution in [0.3, 0.4) is 0 Å². The lowest BCUT2D eigenvalue weighted by Gasteiger charge is -2.22. The van der Waals surface area contributed by atoms with Gasteiger partial charge >= 0.3 is 0 Å². The third-order valence-corrected chi connectivity index (χ3v) is 5.00. The van der Waals surface area contributed by atoms with Crippen molar-refractivity contribution in [2.75, 3.05) is 18.1 Å². The van der Waals surface area contributed by atoms with E-state index in [9.17, 15) is 15.0 Å². The summed E-state index contributed by atoms with van der Waals surface area (Å²) < 4.78 is 0. The van der Waals surface area contributed by atoms with Gasteiger partial charge in [0.1, 0.15) is 5.75 Å². The number of carbonyl (C=O) groups is 1. The van der Waals surface area contributed by atoms with E-state index < -0.39 is 0 Å². The van der Waals surface area contributed by atoms with Crippen LogP contribution in [0.1, 0.15) is 71.1 Å². The lowest BCUT2D eigenvalue weighted by atomic mass is 10.2. The van der Waals surface area contributed by atoms with E-state index in [1.807, 2.05) is 0 Å². The van der Waals surface area contributed by atoms with Gasteiger partial charge in [-0.2, -0.15) is 0 Å². The largest absolute Gasteiger partial charge is 0.508 e. The maximum Gasteiger partial charge on any atom is 0.227 e. The van der Waals surface area contributed by atoms with Gasteiger partial charge in [0, 0.05) is 18.7 Å². The number of amides is 1. The molecule has 32 heavy (non-hydrogen) atoms. The molecule has 0 aliphatic heterocycles. The predicted octanol–water partition coefficient (Wildman–Crippen LogP) is 6.86. The average Bonchev–Trinajstić information content (AvgIpc) is 2.80. The van der Waals surface area contributed by atoms with E-state index in [0.717, 1.165) is 32.1 Å². The summed E-state index contributed by atoms with van der Waals surface area (Å²) in [5, 5.41) is 18.7. The van der Waals surface area contributed by atoms with Gasteiger partial charge in [0.25, 0.3) is 0 Å². The summed E-state index contributed by atoms with van der Waals surface area (Å²) in [6.07, 6.45) is 27.6. The molecule has 0 saturated heterocycles. The number of nitrogens with zero attached hydrogens (tertiary/aromatic N) is 1.